The molecule has 7 heteroatoms. The molecule has 1 saturated heterocycles. The summed E-state index contributed by atoms with van der Waals surface area (Å²) in [5, 5.41) is 7.46. The Morgan fingerprint density at radius 1 is 1.20 bits per heavy atom. The minimum atomic E-state index is 0.0848. The zero-order valence-corrected chi connectivity index (χ0v) is 15.3. The SMILES string of the molecule is COCCN1CCN(CCC(=O)Nc2ccnn2C2CCCC2)CC1. The molecule has 1 N–H and O–H groups in total. The lowest BCUT2D eigenvalue weighted by molar-refractivity contribution is -0.116. The lowest BCUT2D eigenvalue weighted by atomic mass is 10.2. The predicted molar refractivity (Wildman–Crippen MR) is 97.7 cm³/mol. The molecular formula is C18H31N5O2. The molecule has 140 valence electrons. The summed E-state index contributed by atoms with van der Waals surface area (Å²) in [6, 6.07) is 2.36. The van der Waals surface area contributed by atoms with E-state index in [0.29, 0.717) is 12.5 Å². The zero-order chi connectivity index (χ0) is 17.5. The van der Waals surface area contributed by atoms with Crippen LogP contribution in [-0.2, 0) is 9.53 Å². The molecule has 1 amide bonds. The molecule has 1 aromatic rings. The fraction of sp³-hybridized carbons (Fsp3) is 0.778. The average molecular weight is 349 g/mol. The first-order valence-electron chi connectivity index (χ1n) is 9.53. The number of piperazine rings is 1. The van der Waals surface area contributed by atoms with Crippen molar-refractivity contribution in [3.05, 3.63) is 12.3 Å². The lowest BCUT2D eigenvalue weighted by Gasteiger charge is -2.34. The first-order valence-corrected chi connectivity index (χ1v) is 9.53. The molecule has 0 bridgehead atoms. The summed E-state index contributed by atoms with van der Waals surface area (Å²) in [5.74, 6) is 0.933. The van der Waals surface area contributed by atoms with Crippen LogP contribution in [0, 0.1) is 0 Å². The summed E-state index contributed by atoms with van der Waals surface area (Å²) in [7, 11) is 1.74. The number of anilines is 1. The highest BCUT2D eigenvalue weighted by Crippen LogP contribution is 2.31. The van der Waals surface area contributed by atoms with E-state index in [2.05, 4.69) is 20.2 Å². The van der Waals surface area contributed by atoms with Gasteiger partial charge in [-0.3, -0.25) is 9.69 Å². The predicted octanol–water partition coefficient (Wildman–Crippen LogP) is 1.59. The quantitative estimate of drug-likeness (QED) is 0.772. The summed E-state index contributed by atoms with van der Waals surface area (Å²) < 4.78 is 7.13. The van der Waals surface area contributed by atoms with E-state index in [-0.39, 0.29) is 5.91 Å². The van der Waals surface area contributed by atoms with Crippen molar-refractivity contribution in [3.63, 3.8) is 0 Å². The van der Waals surface area contributed by atoms with E-state index in [1.54, 1.807) is 13.3 Å². The number of nitrogens with one attached hydrogen (secondary N) is 1. The second-order valence-electron chi connectivity index (χ2n) is 7.07. The van der Waals surface area contributed by atoms with Gasteiger partial charge in [-0.25, -0.2) is 4.68 Å². The molecule has 0 atom stereocenters. The van der Waals surface area contributed by atoms with Crippen molar-refractivity contribution in [1.29, 1.82) is 0 Å². The molecule has 0 spiro atoms. The maximum atomic E-state index is 12.3. The lowest BCUT2D eigenvalue weighted by Crippen LogP contribution is -2.47. The summed E-state index contributed by atoms with van der Waals surface area (Å²) >= 11 is 0. The van der Waals surface area contributed by atoms with Crippen LogP contribution in [0.5, 0.6) is 0 Å². The monoisotopic (exact) mass is 349 g/mol. The van der Waals surface area contributed by atoms with Gasteiger partial charge in [0, 0.05) is 58.9 Å². The van der Waals surface area contributed by atoms with Crippen molar-refractivity contribution >= 4 is 11.7 Å². The number of hydrogen-bond acceptors (Lipinski definition) is 5. The zero-order valence-electron chi connectivity index (χ0n) is 15.3. The van der Waals surface area contributed by atoms with Gasteiger partial charge in [0.2, 0.25) is 5.91 Å². The summed E-state index contributed by atoms with van der Waals surface area (Å²) in [6.45, 7) is 6.77. The number of amides is 1. The fourth-order valence-corrected chi connectivity index (χ4v) is 3.77. The number of ether oxygens (including phenoxy) is 1. The molecule has 3 rings (SSSR count). The van der Waals surface area contributed by atoms with E-state index < -0.39 is 0 Å². The standard InChI is InChI=1S/C18H31N5O2/c1-25-15-14-22-12-10-21(11-13-22)9-7-18(24)20-17-6-8-19-23(17)16-4-2-3-5-16/h6,8,16H,2-5,7,9-15H2,1H3,(H,20,24). The highest BCUT2D eigenvalue weighted by molar-refractivity contribution is 5.89. The number of aromatic nitrogens is 2. The molecule has 2 heterocycles. The van der Waals surface area contributed by atoms with Gasteiger partial charge in [-0.05, 0) is 12.8 Å². The number of rotatable bonds is 8. The molecule has 0 unspecified atom stereocenters. The summed E-state index contributed by atoms with van der Waals surface area (Å²) in [4.78, 5) is 17.1. The van der Waals surface area contributed by atoms with Crippen LogP contribution in [-0.4, -0.2) is 78.5 Å². The van der Waals surface area contributed by atoms with Gasteiger partial charge >= 0.3 is 0 Å². The second-order valence-corrected chi connectivity index (χ2v) is 7.07. The normalized spacial score (nSPS) is 20.2. The highest BCUT2D eigenvalue weighted by atomic mass is 16.5. The summed E-state index contributed by atoms with van der Waals surface area (Å²) in [6.07, 6.45) is 7.17. The molecule has 2 fully saturated rings. The Bertz CT molecular complexity index is 533. The summed E-state index contributed by atoms with van der Waals surface area (Å²) in [5.41, 5.74) is 0. The van der Waals surface area contributed by atoms with E-state index in [1.165, 1.54) is 12.8 Å². The van der Waals surface area contributed by atoms with Gasteiger partial charge < -0.3 is 15.0 Å². The van der Waals surface area contributed by atoms with Crippen molar-refractivity contribution < 1.29 is 9.53 Å². The van der Waals surface area contributed by atoms with Gasteiger partial charge in [-0.1, -0.05) is 12.8 Å². The van der Waals surface area contributed by atoms with Crippen molar-refractivity contribution in [1.82, 2.24) is 19.6 Å². The van der Waals surface area contributed by atoms with E-state index in [0.717, 1.165) is 64.5 Å². The van der Waals surface area contributed by atoms with Gasteiger partial charge in [-0.2, -0.15) is 5.10 Å². The Balaban J connectivity index is 1.38. The number of nitrogens with zero attached hydrogens (tertiary/aromatic N) is 4. The van der Waals surface area contributed by atoms with Crippen LogP contribution in [0.1, 0.15) is 38.1 Å². The van der Waals surface area contributed by atoms with Gasteiger partial charge in [0.25, 0.3) is 0 Å². The van der Waals surface area contributed by atoms with Crippen LogP contribution in [0.15, 0.2) is 12.3 Å². The third-order valence-corrected chi connectivity index (χ3v) is 5.34. The van der Waals surface area contributed by atoms with Crippen LogP contribution < -0.4 is 5.32 Å². The van der Waals surface area contributed by atoms with E-state index in [4.69, 9.17) is 4.74 Å². The average Bonchev–Trinajstić information content (AvgIpc) is 3.30. The Morgan fingerprint density at radius 2 is 1.88 bits per heavy atom. The van der Waals surface area contributed by atoms with Crippen molar-refractivity contribution in [2.45, 2.75) is 38.1 Å². The molecule has 1 saturated carbocycles. The minimum absolute atomic E-state index is 0.0848. The fourth-order valence-electron chi connectivity index (χ4n) is 3.77. The molecule has 1 aromatic heterocycles. The van der Waals surface area contributed by atoms with Gasteiger partial charge in [0.05, 0.1) is 18.8 Å². The highest BCUT2D eigenvalue weighted by Gasteiger charge is 2.21. The number of hydrogen-bond donors (Lipinski definition) is 1. The Labute approximate surface area is 150 Å². The number of carbonyl (C=O) groups is 1. The van der Waals surface area contributed by atoms with Gasteiger partial charge in [0.1, 0.15) is 5.82 Å². The molecule has 7 nitrogen and oxygen atoms in total. The van der Waals surface area contributed by atoms with Crippen LogP contribution in [0.2, 0.25) is 0 Å². The van der Waals surface area contributed by atoms with Gasteiger partial charge in [-0.15, -0.1) is 0 Å². The Morgan fingerprint density at radius 3 is 2.56 bits per heavy atom. The minimum Gasteiger partial charge on any atom is -0.383 e. The van der Waals surface area contributed by atoms with Crippen LogP contribution in [0.3, 0.4) is 0 Å². The number of methoxy groups -OCH3 is 1. The van der Waals surface area contributed by atoms with Crippen molar-refractivity contribution in [2.75, 3.05) is 58.3 Å². The van der Waals surface area contributed by atoms with Crippen LogP contribution in [0.4, 0.5) is 5.82 Å². The van der Waals surface area contributed by atoms with Crippen LogP contribution >= 0.6 is 0 Å². The maximum absolute atomic E-state index is 12.3. The molecule has 0 radical (unpaired) electrons. The smallest absolute Gasteiger partial charge is 0.226 e. The van der Waals surface area contributed by atoms with E-state index in [1.807, 2.05) is 10.7 Å². The number of carbonyl (C=O) groups excluding carboxylic acids is 1. The van der Waals surface area contributed by atoms with E-state index >= 15 is 0 Å². The van der Waals surface area contributed by atoms with Gasteiger partial charge in [0.15, 0.2) is 0 Å². The topological polar surface area (TPSA) is 62.6 Å². The Hall–Kier alpha value is -1.44. The van der Waals surface area contributed by atoms with Crippen molar-refractivity contribution in [3.8, 4) is 0 Å². The molecule has 25 heavy (non-hydrogen) atoms. The molecular weight excluding hydrogens is 318 g/mol. The third kappa shape index (κ3) is 5.26. The molecule has 2 aliphatic rings. The van der Waals surface area contributed by atoms with Crippen molar-refractivity contribution in [2.24, 2.45) is 0 Å². The first-order chi connectivity index (χ1) is 12.3. The Kier molecular flexibility index (Phi) is 6.84. The first kappa shape index (κ1) is 18.4. The third-order valence-electron chi connectivity index (χ3n) is 5.34. The largest absolute Gasteiger partial charge is 0.383 e. The molecule has 1 aliphatic carbocycles. The van der Waals surface area contributed by atoms with E-state index in [9.17, 15) is 4.79 Å². The van der Waals surface area contributed by atoms with Crippen LogP contribution in [0.25, 0.3) is 0 Å². The molecule has 1 aliphatic heterocycles. The second kappa shape index (κ2) is 9.31. The molecule has 0 aromatic carbocycles. The maximum Gasteiger partial charge on any atom is 0.226 e.